The summed E-state index contributed by atoms with van der Waals surface area (Å²) in [5, 5.41) is 18.4. The fourth-order valence-electron chi connectivity index (χ4n) is 2.95. The smallest absolute Gasteiger partial charge is 0.276 e. The van der Waals surface area contributed by atoms with E-state index in [2.05, 4.69) is 46.3 Å². The highest BCUT2D eigenvalue weighted by Crippen LogP contribution is 2.30. The van der Waals surface area contributed by atoms with E-state index in [1.807, 2.05) is 84.2 Å². The van der Waals surface area contributed by atoms with E-state index in [9.17, 15) is 0 Å². The number of aliphatic hydroxyl groups excluding tert-OH is 1. The molecule has 1 N–H and O–H groups in total. The van der Waals surface area contributed by atoms with Crippen LogP contribution in [0.25, 0.3) is 0 Å². The van der Waals surface area contributed by atoms with Crippen molar-refractivity contribution in [3.05, 3.63) is 76.7 Å². The molecule has 3 atom stereocenters. The van der Waals surface area contributed by atoms with Crippen LogP contribution in [0, 0.1) is 20.8 Å². The molecule has 2 aliphatic heterocycles. The van der Waals surface area contributed by atoms with Crippen molar-refractivity contribution in [1.82, 2.24) is 10.2 Å². The number of furan rings is 1. The number of benzene rings is 1. The molecule has 0 amide bonds. The molecule has 1 saturated heterocycles. The van der Waals surface area contributed by atoms with Crippen LogP contribution in [0.2, 0.25) is 0 Å². The number of hydrogen-bond donors (Lipinski definition) is 1. The SMILES string of the molecule is CC.CC1CCCO1.CC1COc2ccccc2O1.CCC(C)O.CCOC.CSc1nnc(C)o1.Cc1ccco1.Cc1cccs1. The van der Waals surface area contributed by atoms with E-state index in [0.29, 0.717) is 23.8 Å². The summed E-state index contributed by atoms with van der Waals surface area (Å²) < 4.78 is 30.4. The van der Waals surface area contributed by atoms with Gasteiger partial charge in [-0.25, -0.2) is 0 Å². The Kier molecular flexibility index (Phi) is 32.2. The number of nitrogens with zero attached hydrogens (tertiary/aromatic N) is 2. The molecule has 3 aromatic heterocycles. The Morgan fingerprint density at radius 3 is 1.92 bits per heavy atom. The number of hydrogen-bond acceptors (Lipinski definition) is 11. The van der Waals surface area contributed by atoms with E-state index >= 15 is 0 Å². The molecule has 6 rings (SSSR count). The Bertz CT molecular complexity index is 1150. The summed E-state index contributed by atoms with van der Waals surface area (Å²) in [5.74, 6) is 3.29. The minimum absolute atomic E-state index is 0.116. The van der Waals surface area contributed by atoms with Crippen LogP contribution >= 0.6 is 23.1 Å². The average molecular weight is 711 g/mol. The number of aryl methyl sites for hydroxylation is 3. The largest absolute Gasteiger partial charge is 0.486 e. The third-order valence-corrected chi connectivity index (χ3v) is 7.01. The first-order valence-corrected chi connectivity index (χ1v) is 18.7. The Hall–Kier alpha value is -2.83. The van der Waals surface area contributed by atoms with Crippen LogP contribution in [0.1, 0.15) is 84.3 Å². The summed E-state index contributed by atoms with van der Waals surface area (Å²) in [7, 11) is 1.68. The predicted molar refractivity (Wildman–Crippen MR) is 201 cm³/mol. The lowest BCUT2D eigenvalue weighted by Crippen LogP contribution is -2.25. The number of methoxy groups -OCH3 is 1. The van der Waals surface area contributed by atoms with Gasteiger partial charge in [0, 0.05) is 32.1 Å². The Morgan fingerprint density at radius 2 is 1.62 bits per heavy atom. The molecule has 3 unspecified atom stereocenters. The molecule has 0 radical (unpaired) electrons. The third kappa shape index (κ3) is 28.2. The van der Waals surface area contributed by atoms with Gasteiger partial charge in [-0.15, -0.1) is 21.5 Å². The van der Waals surface area contributed by atoms with Crippen molar-refractivity contribution in [3.8, 4) is 11.5 Å². The lowest BCUT2D eigenvalue weighted by molar-refractivity contribution is 0.104. The highest BCUT2D eigenvalue weighted by Gasteiger charge is 2.15. The number of thioether (sulfide) groups is 1. The molecule has 1 aromatic carbocycles. The molecule has 9 nitrogen and oxygen atoms in total. The fraction of sp³-hybridized carbons (Fsp3) is 0.568. The maximum atomic E-state index is 8.36. The second-order valence-electron chi connectivity index (χ2n) is 10.1. The summed E-state index contributed by atoms with van der Waals surface area (Å²) in [6.07, 6.45) is 7.55. The van der Waals surface area contributed by atoms with Crippen LogP contribution in [-0.2, 0) is 9.47 Å². The third-order valence-electron chi connectivity index (χ3n) is 5.70. The van der Waals surface area contributed by atoms with Gasteiger partial charge < -0.3 is 32.9 Å². The van der Waals surface area contributed by atoms with Gasteiger partial charge in [0.2, 0.25) is 5.89 Å². The van der Waals surface area contributed by atoms with Crippen molar-refractivity contribution < 1.29 is 32.9 Å². The molecule has 274 valence electrons. The summed E-state index contributed by atoms with van der Waals surface area (Å²) >= 11 is 3.23. The van der Waals surface area contributed by atoms with Crippen molar-refractivity contribution in [2.45, 2.75) is 112 Å². The Labute approximate surface area is 298 Å². The second kappa shape index (κ2) is 32.7. The lowest BCUT2D eigenvalue weighted by Gasteiger charge is -2.23. The molecule has 0 bridgehead atoms. The van der Waals surface area contributed by atoms with Crippen LogP contribution < -0.4 is 9.47 Å². The summed E-state index contributed by atoms with van der Waals surface area (Å²) in [5.41, 5.74) is 0. The van der Waals surface area contributed by atoms with Crippen molar-refractivity contribution in [3.63, 3.8) is 0 Å². The van der Waals surface area contributed by atoms with Crippen molar-refractivity contribution >= 4 is 23.1 Å². The number of thiophene rings is 1. The van der Waals surface area contributed by atoms with Gasteiger partial charge in [0.05, 0.1) is 18.5 Å². The Balaban J connectivity index is 0. The highest BCUT2D eigenvalue weighted by molar-refractivity contribution is 7.98. The van der Waals surface area contributed by atoms with E-state index < -0.39 is 0 Å². The predicted octanol–water partition coefficient (Wildman–Crippen LogP) is 10.2. The first-order valence-electron chi connectivity index (χ1n) is 16.6. The van der Waals surface area contributed by atoms with Crippen LogP contribution in [0.15, 0.2) is 74.2 Å². The van der Waals surface area contributed by atoms with E-state index in [1.165, 1.54) is 29.5 Å². The highest BCUT2D eigenvalue weighted by atomic mass is 32.2. The first-order chi connectivity index (χ1) is 23.1. The zero-order valence-corrected chi connectivity index (χ0v) is 33.0. The van der Waals surface area contributed by atoms with Gasteiger partial charge in [-0.05, 0) is 103 Å². The maximum absolute atomic E-state index is 8.36. The standard InChI is InChI=1S/C9H10O2.C5H10O.C5H6O.C5H6S.C4H6N2OS.C4H10O.C3H8O.C2H6/c1-7-6-10-8-4-2-3-5-9(8)11-7;3*1-5-3-2-4-6-5;1-3-5-6-4(7-3)8-2;1-3-4(2)5;1-3-4-2;1-2/h2-5,7H,6H2,1H3;5H,2-4H2,1H3;2*2-4H,1H3;1-2H3;4-5H,3H2,1-2H3;3H2,1-2H3;1-2H3. The van der Waals surface area contributed by atoms with Crippen molar-refractivity contribution in [2.24, 2.45) is 0 Å². The molecule has 5 heterocycles. The monoisotopic (exact) mass is 710 g/mol. The van der Waals surface area contributed by atoms with Gasteiger partial charge in [0.25, 0.3) is 5.22 Å². The number of para-hydroxylation sites is 2. The first kappa shape index (κ1) is 47.3. The van der Waals surface area contributed by atoms with Crippen LogP contribution in [0.5, 0.6) is 11.5 Å². The Morgan fingerprint density at radius 1 is 0.979 bits per heavy atom. The van der Waals surface area contributed by atoms with Gasteiger partial charge in [-0.3, -0.25) is 0 Å². The van der Waals surface area contributed by atoms with Gasteiger partial charge in [0.1, 0.15) is 18.5 Å². The topological polar surface area (TPSA) is 109 Å². The molecule has 48 heavy (non-hydrogen) atoms. The van der Waals surface area contributed by atoms with Gasteiger partial charge >= 0.3 is 0 Å². The zero-order chi connectivity index (χ0) is 36.6. The molecule has 2 aliphatic rings. The molecule has 0 aliphatic carbocycles. The normalized spacial score (nSPS) is 15.4. The van der Waals surface area contributed by atoms with Gasteiger partial charge in [-0.2, -0.15) is 0 Å². The quantitative estimate of drug-likeness (QED) is 0.206. The van der Waals surface area contributed by atoms with Crippen molar-refractivity contribution in [2.75, 3.05) is 33.2 Å². The van der Waals surface area contributed by atoms with Gasteiger partial charge in [0.15, 0.2) is 11.5 Å². The second-order valence-corrected chi connectivity index (χ2v) is 12.0. The number of aliphatic hydroxyl groups is 1. The molecular formula is C37H62N2O7S2. The number of aromatic nitrogens is 2. The van der Waals surface area contributed by atoms with Crippen LogP contribution in [-0.4, -0.2) is 66.8 Å². The molecular weight excluding hydrogens is 649 g/mol. The molecule has 11 heteroatoms. The number of fused-ring (bicyclic) bond motifs is 1. The average Bonchev–Trinajstić information content (AvgIpc) is 3.95. The minimum Gasteiger partial charge on any atom is -0.486 e. The summed E-state index contributed by atoms with van der Waals surface area (Å²) in [6.45, 7) is 22.0. The molecule has 4 aromatic rings. The van der Waals surface area contributed by atoms with E-state index in [4.69, 9.17) is 28.2 Å². The minimum atomic E-state index is -0.116. The van der Waals surface area contributed by atoms with Gasteiger partial charge in [-0.1, -0.05) is 50.7 Å². The lowest BCUT2D eigenvalue weighted by atomic mass is 10.3. The zero-order valence-electron chi connectivity index (χ0n) is 31.4. The van der Waals surface area contributed by atoms with E-state index in [1.54, 1.807) is 38.6 Å². The number of ether oxygens (including phenoxy) is 4. The van der Waals surface area contributed by atoms with Crippen LogP contribution in [0.4, 0.5) is 0 Å². The summed E-state index contributed by atoms with van der Waals surface area (Å²) in [4.78, 5) is 1.38. The van der Waals surface area contributed by atoms with E-state index in [-0.39, 0.29) is 12.2 Å². The molecule has 1 fully saturated rings. The van der Waals surface area contributed by atoms with Crippen LogP contribution in [0.3, 0.4) is 0 Å². The van der Waals surface area contributed by atoms with Crippen molar-refractivity contribution in [1.29, 1.82) is 0 Å². The molecule has 0 saturated carbocycles. The maximum Gasteiger partial charge on any atom is 0.276 e. The van der Waals surface area contributed by atoms with E-state index in [0.717, 1.165) is 36.9 Å². The summed E-state index contributed by atoms with van der Waals surface area (Å²) in [6, 6.07) is 15.7. The number of rotatable bonds is 3. The fourth-order valence-corrected chi connectivity index (χ4v) is 3.80. The molecule has 0 spiro atoms.